The van der Waals surface area contributed by atoms with Gasteiger partial charge in [0.2, 0.25) is 0 Å². The fourth-order valence-electron chi connectivity index (χ4n) is 0.550. The van der Waals surface area contributed by atoms with E-state index in [1.165, 1.54) is 12.1 Å². The Bertz CT molecular complexity index is 208. The van der Waals surface area contributed by atoms with Crippen LogP contribution in [0.5, 0.6) is 0 Å². The molecule has 3 nitrogen and oxygen atoms in total. The van der Waals surface area contributed by atoms with Crippen LogP contribution in [0.4, 0.5) is 5.69 Å². The molecule has 0 aliphatic heterocycles. The maximum absolute atomic E-state index is 10.0. The molecule has 0 spiro atoms. The van der Waals surface area contributed by atoms with Crippen LogP contribution in [0.3, 0.4) is 0 Å². The number of hydrogen-bond acceptors (Lipinski definition) is 2. The van der Waals surface area contributed by atoms with Crippen LogP contribution in [0.1, 0.15) is 7.43 Å². The highest BCUT2D eigenvalue weighted by molar-refractivity contribution is 5.27. The van der Waals surface area contributed by atoms with E-state index in [2.05, 4.69) is 0 Å². The smallest absolute Gasteiger partial charge is 0.258 e. The summed E-state index contributed by atoms with van der Waals surface area (Å²) in [6.45, 7) is 0. The first-order valence-electron chi connectivity index (χ1n) is 2.50. The fraction of sp³-hybridized carbons (Fsp3) is 0.143. The molecule has 0 amide bonds. The number of nitrogens with zero attached hydrogens (tertiary/aromatic N) is 1. The molecule has 0 N–H and O–H groups in total. The van der Waals surface area contributed by atoms with Crippen molar-refractivity contribution < 1.29 is 4.92 Å². The van der Waals surface area contributed by atoms with Crippen LogP contribution in [0.2, 0.25) is 0 Å². The molecule has 3 heteroatoms. The third kappa shape index (κ3) is 1.85. The zero-order valence-electron chi connectivity index (χ0n) is 4.65. The molecule has 1 rings (SSSR count). The zero-order valence-corrected chi connectivity index (χ0v) is 4.65. The summed E-state index contributed by atoms with van der Waals surface area (Å²) in [5, 5.41) is 10.0. The molecule has 0 aliphatic rings. The van der Waals surface area contributed by atoms with E-state index in [9.17, 15) is 10.1 Å². The summed E-state index contributed by atoms with van der Waals surface area (Å²) in [5.41, 5.74) is 0.137. The molecule has 0 unspecified atom stereocenters. The molecule has 0 aromatic heterocycles. The number of rotatable bonds is 1. The Morgan fingerprint density at radius 2 is 1.70 bits per heavy atom. The lowest BCUT2D eigenvalue weighted by Gasteiger charge is -1.85. The van der Waals surface area contributed by atoms with Crippen LogP contribution in [0, 0.1) is 10.1 Å². The first-order valence-corrected chi connectivity index (χ1v) is 2.50. The van der Waals surface area contributed by atoms with Gasteiger partial charge < -0.3 is 0 Å². The minimum atomic E-state index is -0.417. The number of non-ortho nitro benzene ring substituents is 1. The molecule has 0 heterocycles. The largest absolute Gasteiger partial charge is 0.269 e. The molecule has 0 saturated heterocycles. The first-order chi connectivity index (χ1) is 4.30. The maximum atomic E-state index is 10.0. The Kier molecular flexibility index (Phi) is 3.11. The van der Waals surface area contributed by atoms with Crippen molar-refractivity contribution >= 4 is 5.69 Å². The number of hydrogen-bond donors (Lipinski definition) is 0. The Morgan fingerprint density at radius 1 is 1.20 bits per heavy atom. The fourth-order valence-corrected chi connectivity index (χ4v) is 0.550. The summed E-state index contributed by atoms with van der Waals surface area (Å²) < 4.78 is 0. The summed E-state index contributed by atoms with van der Waals surface area (Å²) in [6, 6.07) is 7.93. The van der Waals surface area contributed by atoms with Gasteiger partial charge in [0.1, 0.15) is 0 Å². The molecule has 0 aliphatic carbocycles. The highest BCUT2D eigenvalue weighted by atomic mass is 16.6. The van der Waals surface area contributed by atoms with Crippen molar-refractivity contribution in [2.75, 3.05) is 0 Å². The highest BCUT2D eigenvalue weighted by Gasteiger charge is 1.98. The van der Waals surface area contributed by atoms with E-state index in [0.717, 1.165) is 0 Å². The first kappa shape index (κ1) is 8.62. The predicted octanol–water partition coefficient (Wildman–Crippen LogP) is 2.23. The lowest BCUT2D eigenvalue weighted by molar-refractivity contribution is -0.384. The van der Waals surface area contributed by atoms with Crippen LogP contribution in [0.25, 0.3) is 0 Å². The molecular weight excluding hydrogens is 130 g/mol. The van der Waals surface area contributed by atoms with Crippen molar-refractivity contribution in [3.63, 3.8) is 0 Å². The van der Waals surface area contributed by atoms with Crippen LogP contribution < -0.4 is 0 Å². The van der Waals surface area contributed by atoms with Gasteiger partial charge in [-0.2, -0.15) is 0 Å². The van der Waals surface area contributed by atoms with Gasteiger partial charge in [-0.3, -0.25) is 10.1 Å². The third-order valence-corrected chi connectivity index (χ3v) is 0.967. The second-order valence-corrected chi connectivity index (χ2v) is 1.59. The van der Waals surface area contributed by atoms with Gasteiger partial charge in [0.25, 0.3) is 5.69 Å². The van der Waals surface area contributed by atoms with Gasteiger partial charge in [0.05, 0.1) is 4.92 Å². The Labute approximate surface area is 59.5 Å². The second kappa shape index (κ2) is 3.61. The van der Waals surface area contributed by atoms with E-state index >= 15 is 0 Å². The van der Waals surface area contributed by atoms with Gasteiger partial charge in [0.15, 0.2) is 0 Å². The molecule has 10 heavy (non-hydrogen) atoms. The van der Waals surface area contributed by atoms with Crippen molar-refractivity contribution in [2.45, 2.75) is 7.43 Å². The van der Waals surface area contributed by atoms with E-state index in [-0.39, 0.29) is 13.1 Å². The minimum Gasteiger partial charge on any atom is -0.258 e. The molecular formula is C7H9NO2. The van der Waals surface area contributed by atoms with Gasteiger partial charge in [-0.1, -0.05) is 25.6 Å². The topological polar surface area (TPSA) is 43.1 Å². The van der Waals surface area contributed by atoms with Gasteiger partial charge in [0, 0.05) is 12.1 Å². The second-order valence-electron chi connectivity index (χ2n) is 1.59. The molecule has 0 atom stereocenters. The lowest BCUT2D eigenvalue weighted by Crippen LogP contribution is -1.84. The van der Waals surface area contributed by atoms with Gasteiger partial charge in [-0.15, -0.1) is 0 Å². The van der Waals surface area contributed by atoms with Crippen molar-refractivity contribution in [3.05, 3.63) is 40.4 Å². The average Bonchev–Trinajstić information content (AvgIpc) is 1.90. The number of nitro groups is 1. The Hall–Kier alpha value is -1.38. The molecule has 0 bridgehead atoms. The summed E-state index contributed by atoms with van der Waals surface area (Å²) in [4.78, 5) is 9.59. The third-order valence-electron chi connectivity index (χ3n) is 0.967. The van der Waals surface area contributed by atoms with Gasteiger partial charge in [-0.05, 0) is 0 Å². The monoisotopic (exact) mass is 139 g/mol. The summed E-state index contributed by atoms with van der Waals surface area (Å²) in [6.07, 6.45) is 0. The summed E-state index contributed by atoms with van der Waals surface area (Å²) in [5.74, 6) is 0. The van der Waals surface area contributed by atoms with Gasteiger partial charge in [-0.25, -0.2) is 0 Å². The van der Waals surface area contributed by atoms with Crippen LogP contribution >= 0.6 is 0 Å². The van der Waals surface area contributed by atoms with Crippen molar-refractivity contribution in [2.24, 2.45) is 0 Å². The number of benzene rings is 1. The quantitative estimate of drug-likeness (QED) is 0.442. The Morgan fingerprint density at radius 3 is 2.00 bits per heavy atom. The normalized spacial score (nSPS) is 8.00. The molecule has 0 fully saturated rings. The SMILES string of the molecule is C.O=[N+]([O-])c1ccccc1. The van der Waals surface area contributed by atoms with Crippen molar-refractivity contribution in [1.82, 2.24) is 0 Å². The van der Waals surface area contributed by atoms with Gasteiger partial charge >= 0.3 is 0 Å². The van der Waals surface area contributed by atoms with E-state index in [1.807, 2.05) is 0 Å². The average molecular weight is 139 g/mol. The predicted molar refractivity (Wildman–Crippen MR) is 39.8 cm³/mol. The molecule has 0 radical (unpaired) electrons. The molecule has 1 aromatic carbocycles. The zero-order chi connectivity index (χ0) is 6.69. The van der Waals surface area contributed by atoms with Crippen LogP contribution in [-0.2, 0) is 0 Å². The standard InChI is InChI=1S/C6H5NO2.CH4/c8-7(9)6-4-2-1-3-5-6;/h1-5H;1H4. The van der Waals surface area contributed by atoms with Crippen molar-refractivity contribution in [1.29, 1.82) is 0 Å². The number of para-hydroxylation sites is 1. The Balaban J connectivity index is 0.000000810. The highest BCUT2D eigenvalue weighted by Crippen LogP contribution is 2.06. The maximum Gasteiger partial charge on any atom is 0.269 e. The van der Waals surface area contributed by atoms with Crippen LogP contribution in [-0.4, -0.2) is 4.92 Å². The van der Waals surface area contributed by atoms with Crippen LogP contribution in [0.15, 0.2) is 30.3 Å². The molecule has 0 saturated carbocycles. The number of nitro benzene ring substituents is 1. The van der Waals surface area contributed by atoms with Crippen molar-refractivity contribution in [3.8, 4) is 0 Å². The van der Waals surface area contributed by atoms with E-state index in [4.69, 9.17) is 0 Å². The summed E-state index contributed by atoms with van der Waals surface area (Å²) >= 11 is 0. The molecule has 54 valence electrons. The lowest BCUT2D eigenvalue weighted by atomic mass is 10.3. The van der Waals surface area contributed by atoms with E-state index in [1.54, 1.807) is 18.2 Å². The van der Waals surface area contributed by atoms with E-state index < -0.39 is 4.92 Å². The minimum absolute atomic E-state index is 0. The summed E-state index contributed by atoms with van der Waals surface area (Å²) in [7, 11) is 0. The van der Waals surface area contributed by atoms with E-state index in [0.29, 0.717) is 0 Å². The molecule has 1 aromatic rings.